The molecule has 1 fully saturated rings. The van der Waals surface area contributed by atoms with Crippen LogP contribution in [-0.2, 0) is 14.8 Å². The Kier molecular flexibility index (Phi) is 5.49. The van der Waals surface area contributed by atoms with Gasteiger partial charge in [-0.15, -0.1) is 0 Å². The summed E-state index contributed by atoms with van der Waals surface area (Å²) in [5, 5.41) is 0. The van der Waals surface area contributed by atoms with Crippen LogP contribution < -0.4 is 10.5 Å². The Morgan fingerprint density at radius 3 is 2.57 bits per heavy atom. The number of rotatable bonds is 5. The first-order valence-corrected chi connectivity index (χ1v) is 9.20. The summed E-state index contributed by atoms with van der Waals surface area (Å²) in [6, 6.07) is -0.223. The number of nitrogens with one attached hydrogen (secondary N) is 1. The lowest BCUT2D eigenvalue weighted by Gasteiger charge is -2.31. The van der Waals surface area contributed by atoms with Crippen LogP contribution in [0.2, 0.25) is 0 Å². The number of methoxy groups -OCH3 is 1. The van der Waals surface area contributed by atoms with Crippen LogP contribution in [0.1, 0.15) is 47.6 Å². The third-order valence-corrected chi connectivity index (χ3v) is 6.02. The molecule has 0 spiro atoms. The van der Waals surface area contributed by atoms with Crippen LogP contribution in [-0.4, -0.2) is 34.1 Å². The molecule has 0 aliphatic heterocycles. The van der Waals surface area contributed by atoms with Gasteiger partial charge in [-0.3, -0.25) is 0 Å². The largest absolute Gasteiger partial charge is 0.465 e. The summed E-state index contributed by atoms with van der Waals surface area (Å²) in [6.45, 7) is 3.50. The molecule has 8 heteroatoms. The van der Waals surface area contributed by atoms with Gasteiger partial charge in [-0.25, -0.2) is 17.9 Å². The molecular weight excluding hydrogens is 320 g/mol. The van der Waals surface area contributed by atoms with Gasteiger partial charge in [-0.1, -0.05) is 12.8 Å². The number of furan rings is 1. The molecule has 0 amide bonds. The highest BCUT2D eigenvalue weighted by atomic mass is 32.2. The zero-order valence-electron chi connectivity index (χ0n) is 13.7. The van der Waals surface area contributed by atoms with Gasteiger partial charge in [-0.05, 0) is 39.2 Å². The average molecular weight is 344 g/mol. The zero-order chi connectivity index (χ0) is 17.2. The van der Waals surface area contributed by atoms with E-state index in [0.29, 0.717) is 6.54 Å². The molecular formula is C15H24N2O5S. The van der Waals surface area contributed by atoms with Crippen LogP contribution >= 0.6 is 0 Å². The second-order valence-corrected chi connectivity index (χ2v) is 7.57. The van der Waals surface area contributed by atoms with Gasteiger partial charge in [0.1, 0.15) is 22.0 Å². The van der Waals surface area contributed by atoms with Crippen LogP contribution in [0.15, 0.2) is 9.31 Å². The number of nitrogens with two attached hydrogens (primary N) is 1. The van der Waals surface area contributed by atoms with E-state index in [1.807, 2.05) is 0 Å². The fraction of sp³-hybridized carbons (Fsp3) is 0.667. The molecule has 1 heterocycles. The number of sulfonamides is 1. The second-order valence-electron chi connectivity index (χ2n) is 5.92. The molecule has 2 unspecified atom stereocenters. The Morgan fingerprint density at radius 2 is 1.96 bits per heavy atom. The molecule has 1 aliphatic rings. The van der Waals surface area contributed by atoms with Crippen molar-refractivity contribution in [3.05, 3.63) is 17.1 Å². The van der Waals surface area contributed by atoms with E-state index in [0.717, 1.165) is 25.7 Å². The van der Waals surface area contributed by atoms with Gasteiger partial charge < -0.3 is 14.9 Å². The van der Waals surface area contributed by atoms with E-state index in [1.54, 1.807) is 6.92 Å². The number of hydrogen-bond acceptors (Lipinski definition) is 6. The van der Waals surface area contributed by atoms with Crippen LogP contribution in [0, 0.1) is 19.8 Å². The van der Waals surface area contributed by atoms with E-state index in [9.17, 15) is 13.2 Å². The molecule has 130 valence electrons. The maximum absolute atomic E-state index is 12.8. The summed E-state index contributed by atoms with van der Waals surface area (Å²) in [7, 11) is -2.69. The number of ether oxygens (including phenoxy) is 1. The topological polar surface area (TPSA) is 112 Å². The van der Waals surface area contributed by atoms with Crippen LogP contribution in [0.5, 0.6) is 0 Å². The number of carbonyl (C=O) groups is 1. The first-order chi connectivity index (χ1) is 10.8. The van der Waals surface area contributed by atoms with Crippen molar-refractivity contribution in [2.45, 2.75) is 50.5 Å². The zero-order valence-corrected chi connectivity index (χ0v) is 14.5. The minimum atomic E-state index is -3.90. The molecule has 23 heavy (non-hydrogen) atoms. The number of esters is 1. The van der Waals surface area contributed by atoms with Crippen molar-refractivity contribution in [1.29, 1.82) is 0 Å². The molecule has 2 atom stereocenters. The molecule has 0 aromatic carbocycles. The van der Waals surface area contributed by atoms with Crippen molar-refractivity contribution in [2.75, 3.05) is 13.7 Å². The highest BCUT2D eigenvalue weighted by molar-refractivity contribution is 7.89. The fourth-order valence-electron chi connectivity index (χ4n) is 3.23. The molecule has 1 aliphatic carbocycles. The Balaban J connectivity index is 2.38. The molecule has 0 bridgehead atoms. The Hall–Kier alpha value is -1.38. The maximum Gasteiger partial charge on any atom is 0.342 e. The van der Waals surface area contributed by atoms with Gasteiger partial charge >= 0.3 is 5.97 Å². The number of hydrogen-bond donors (Lipinski definition) is 2. The van der Waals surface area contributed by atoms with Crippen molar-refractivity contribution in [3.63, 3.8) is 0 Å². The van der Waals surface area contributed by atoms with Crippen LogP contribution in [0.4, 0.5) is 0 Å². The first kappa shape index (κ1) is 18.0. The average Bonchev–Trinajstić information content (AvgIpc) is 2.81. The van der Waals surface area contributed by atoms with Gasteiger partial charge in [0, 0.05) is 6.04 Å². The summed E-state index contributed by atoms with van der Waals surface area (Å²) in [5.74, 6) is -0.212. The molecule has 1 saturated carbocycles. The second kappa shape index (κ2) is 7.02. The molecule has 0 radical (unpaired) electrons. The quantitative estimate of drug-likeness (QED) is 0.783. The number of carbonyl (C=O) groups excluding carboxylic acids is 1. The van der Waals surface area contributed by atoms with Crippen molar-refractivity contribution >= 4 is 16.0 Å². The molecule has 2 rings (SSSR count). The summed E-state index contributed by atoms with van der Waals surface area (Å²) < 4.78 is 38.4. The predicted molar refractivity (Wildman–Crippen MR) is 84.6 cm³/mol. The van der Waals surface area contributed by atoms with Gasteiger partial charge in [-0.2, -0.15) is 0 Å². The van der Waals surface area contributed by atoms with Crippen molar-refractivity contribution in [2.24, 2.45) is 11.7 Å². The van der Waals surface area contributed by atoms with Crippen LogP contribution in [0.25, 0.3) is 0 Å². The maximum atomic E-state index is 12.8. The molecule has 3 N–H and O–H groups in total. The van der Waals surface area contributed by atoms with Gasteiger partial charge in [0.15, 0.2) is 0 Å². The molecule has 0 saturated heterocycles. The third-order valence-electron chi connectivity index (χ3n) is 4.38. The third kappa shape index (κ3) is 3.59. The minimum Gasteiger partial charge on any atom is -0.465 e. The highest BCUT2D eigenvalue weighted by Crippen LogP contribution is 2.30. The first-order valence-electron chi connectivity index (χ1n) is 7.72. The lowest BCUT2D eigenvalue weighted by atomic mass is 9.85. The summed E-state index contributed by atoms with van der Waals surface area (Å²) in [5.41, 5.74) is 5.71. The van der Waals surface area contributed by atoms with Crippen molar-refractivity contribution < 1.29 is 22.4 Å². The molecule has 7 nitrogen and oxygen atoms in total. The molecule has 1 aromatic heterocycles. The van der Waals surface area contributed by atoms with Gasteiger partial charge in [0.2, 0.25) is 10.0 Å². The smallest absolute Gasteiger partial charge is 0.342 e. The molecule has 1 aromatic rings. The van der Waals surface area contributed by atoms with E-state index >= 15 is 0 Å². The number of aryl methyl sites for hydroxylation is 2. The predicted octanol–water partition coefficient (Wildman–Crippen LogP) is 1.48. The van der Waals surface area contributed by atoms with E-state index < -0.39 is 16.0 Å². The Labute approximate surface area is 136 Å². The Bertz CT molecular complexity index is 680. The SMILES string of the molecule is COC(=O)c1c(C)oc(C)c1S(=O)(=O)NC1CCCCC1CN. The summed E-state index contributed by atoms with van der Waals surface area (Å²) in [6.07, 6.45) is 3.65. The summed E-state index contributed by atoms with van der Waals surface area (Å²) in [4.78, 5) is 11.8. The van der Waals surface area contributed by atoms with Crippen molar-refractivity contribution in [1.82, 2.24) is 4.72 Å². The van der Waals surface area contributed by atoms with E-state index in [1.165, 1.54) is 14.0 Å². The Morgan fingerprint density at radius 1 is 1.30 bits per heavy atom. The highest BCUT2D eigenvalue weighted by Gasteiger charge is 2.35. The van der Waals surface area contributed by atoms with Gasteiger partial charge in [0.05, 0.1) is 7.11 Å². The standard InChI is InChI=1S/C15H24N2O5S/c1-9-13(15(18)21-3)14(10(2)22-9)23(19,20)17-12-7-5-4-6-11(12)8-16/h11-12,17H,4-8,16H2,1-3H3. The van der Waals surface area contributed by atoms with Crippen LogP contribution in [0.3, 0.4) is 0 Å². The minimum absolute atomic E-state index is 0.0439. The fourth-order valence-corrected chi connectivity index (χ4v) is 4.97. The van der Waals surface area contributed by atoms with Gasteiger partial charge in [0.25, 0.3) is 0 Å². The summed E-state index contributed by atoms with van der Waals surface area (Å²) >= 11 is 0. The lowest BCUT2D eigenvalue weighted by molar-refractivity contribution is 0.0594. The van der Waals surface area contributed by atoms with E-state index in [4.69, 9.17) is 10.2 Å². The van der Waals surface area contributed by atoms with E-state index in [2.05, 4.69) is 9.46 Å². The van der Waals surface area contributed by atoms with Crippen molar-refractivity contribution in [3.8, 4) is 0 Å². The monoisotopic (exact) mass is 344 g/mol. The lowest BCUT2D eigenvalue weighted by Crippen LogP contribution is -2.45. The normalized spacial score (nSPS) is 22.1. The van der Waals surface area contributed by atoms with E-state index in [-0.39, 0.29) is 33.9 Å².